The summed E-state index contributed by atoms with van der Waals surface area (Å²) in [6.45, 7) is 8.85. The van der Waals surface area contributed by atoms with Gasteiger partial charge in [0.2, 0.25) is 0 Å². The molecule has 0 aliphatic rings. The normalized spacial score (nSPS) is 9.80. The Morgan fingerprint density at radius 1 is 0.933 bits per heavy atom. The maximum absolute atomic E-state index is 4.45. The fourth-order valence-electron chi connectivity index (χ4n) is 1.39. The van der Waals surface area contributed by atoms with E-state index in [2.05, 4.69) is 55.1 Å². The Bertz CT molecular complexity index is 296. The summed E-state index contributed by atoms with van der Waals surface area (Å²) >= 11 is 0. The first kappa shape index (κ1) is 18.2. The molecular formula is C12H17Li2P. The zero-order valence-corrected chi connectivity index (χ0v) is 11.7. The zero-order valence-electron chi connectivity index (χ0n) is 10.8. The standard InChI is InChI=1S/C12H17P.2Li/c1-8(2)10-5-6-12(13)11(7-10)9(3)4;;/h5-9H,1-4H3;;/q-2;2*+1. The summed E-state index contributed by atoms with van der Waals surface area (Å²) in [4.78, 5) is 0. The summed E-state index contributed by atoms with van der Waals surface area (Å²) in [7, 11) is 4.45. The van der Waals surface area contributed by atoms with Crippen molar-refractivity contribution in [2.45, 2.75) is 39.5 Å². The van der Waals surface area contributed by atoms with Crippen LogP contribution in [0.3, 0.4) is 0 Å². The quantitative estimate of drug-likeness (QED) is 0.387. The third-order valence-corrected chi connectivity index (χ3v) is 2.75. The van der Waals surface area contributed by atoms with Gasteiger partial charge in [0, 0.05) is 0 Å². The molecule has 0 heterocycles. The molecule has 15 heavy (non-hydrogen) atoms. The molecule has 0 atom stereocenters. The molecule has 0 aliphatic heterocycles. The summed E-state index contributed by atoms with van der Waals surface area (Å²) in [6, 6.07) is 6.55. The molecule has 1 aromatic carbocycles. The smallest absolute Gasteiger partial charge is 1.00 e. The van der Waals surface area contributed by atoms with Crippen molar-refractivity contribution in [1.82, 2.24) is 0 Å². The molecule has 0 fully saturated rings. The maximum atomic E-state index is 4.45. The number of hydrogen-bond acceptors (Lipinski definition) is 0. The molecule has 1 aromatic rings. The predicted molar refractivity (Wildman–Crippen MR) is 61.2 cm³/mol. The minimum absolute atomic E-state index is 0. The third kappa shape index (κ3) is 5.13. The van der Waals surface area contributed by atoms with Crippen LogP contribution in [0.25, 0.3) is 0 Å². The fourth-order valence-corrected chi connectivity index (χ4v) is 1.79. The molecule has 3 heteroatoms. The summed E-state index contributed by atoms with van der Waals surface area (Å²) in [5, 5.41) is 1.11. The van der Waals surface area contributed by atoms with E-state index in [4.69, 9.17) is 0 Å². The zero-order chi connectivity index (χ0) is 10.0. The molecule has 0 saturated heterocycles. The topological polar surface area (TPSA) is 0 Å². The maximum Gasteiger partial charge on any atom is 1.00 e. The van der Waals surface area contributed by atoms with Crippen LogP contribution in [-0.2, 0) is 0 Å². The van der Waals surface area contributed by atoms with Crippen LogP contribution in [0.1, 0.15) is 50.7 Å². The first-order valence-electron chi connectivity index (χ1n) is 4.85. The van der Waals surface area contributed by atoms with E-state index in [1.54, 1.807) is 0 Å². The van der Waals surface area contributed by atoms with E-state index in [-0.39, 0.29) is 37.7 Å². The van der Waals surface area contributed by atoms with Crippen molar-refractivity contribution in [3.05, 3.63) is 29.3 Å². The largest absolute Gasteiger partial charge is 1.45 e. The van der Waals surface area contributed by atoms with Gasteiger partial charge in [-0.2, -0.15) is 0 Å². The SMILES string of the molecule is CC(C)c1ccc([P-2])c(C(C)C)c1.[Li+].[Li+]. The van der Waals surface area contributed by atoms with Crippen molar-refractivity contribution in [2.24, 2.45) is 0 Å². The molecule has 0 aliphatic carbocycles. The van der Waals surface area contributed by atoms with E-state index in [9.17, 15) is 0 Å². The Balaban J connectivity index is 0. The summed E-state index contributed by atoms with van der Waals surface area (Å²) in [5.74, 6) is 1.16. The molecule has 0 unspecified atom stereocenters. The summed E-state index contributed by atoms with van der Waals surface area (Å²) in [6.07, 6.45) is 0. The van der Waals surface area contributed by atoms with Gasteiger partial charge in [-0.05, 0) is 17.4 Å². The second-order valence-electron chi connectivity index (χ2n) is 4.13. The molecule has 0 bridgehead atoms. The third-order valence-electron chi connectivity index (χ3n) is 2.34. The minimum atomic E-state index is 0. The van der Waals surface area contributed by atoms with Crippen molar-refractivity contribution in [3.63, 3.8) is 0 Å². The molecule has 0 amide bonds. The molecule has 0 nitrogen and oxygen atoms in total. The fraction of sp³-hybridized carbons (Fsp3) is 0.500. The monoisotopic (exact) mass is 206 g/mol. The summed E-state index contributed by atoms with van der Waals surface area (Å²) in [5.41, 5.74) is 2.76. The average molecular weight is 206 g/mol. The average Bonchev–Trinajstić information content (AvgIpc) is 2.04. The molecule has 0 radical (unpaired) electrons. The molecule has 0 spiro atoms. The van der Waals surface area contributed by atoms with E-state index in [0.717, 1.165) is 5.30 Å². The molecular weight excluding hydrogens is 189 g/mol. The predicted octanol–water partition coefficient (Wildman–Crippen LogP) is -2.02. The van der Waals surface area contributed by atoms with Crippen molar-refractivity contribution in [1.29, 1.82) is 0 Å². The van der Waals surface area contributed by atoms with Gasteiger partial charge >= 0.3 is 37.7 Å². The number of rotatable bonds is 2. The van der Waals surface area contributed by atoms with Gasteiger partial charge < -0.3 is 14.5 Å². The summed E-state index contributed by atoms with van der Waals surface area (Å²) < 4.78 is 0. The van der Waals surface area contributed by atoms with Gasteiger partial charge in [-0.1, -0.05) is 39.8 Å². The van der Waals surface area contributed by atoms with Crippen LogP contribution >= 0.6 is 9.24 Å². The Morgan fingerprint density at radius 3 is 1.87 bits per heavy atom. The van der Waals surface area contributed by atoms with E-state index in [1.165, 1.54) is 11.1 Å². The Labute approximate surface area is 121 Å². The van der Waals surface area contributed by atoms with Gasteiger partial charge in [0.15, 0.2) is 0 Å². The van der Waals surface area contributed by atoms with E-state index < -0.39 is 0 Å². The molecule has 0 aromatic heterocycles. The van der Waals surface area contributed by atoms with Gasteiger partial charge in [-0.15, -0.1) is 11.6 Å². The van der Waals surface area contributed by atoms with Crippen LogP contribution < -0.4 is 43.0 Å². The van der Waals surface area contributed by atoms with Crippen molar-refractivity contribution < 1.29 is 37.7 Å². The van der Waals surface area contributed by atoms with Crippen LogP contribution in [0.4, 0.5) is 0 Å². The van der Waals surface area contributed by atoms with Crippen LogP contribution in [-0.4, -0.2) is 0 Å². The first-order chi connectivity index (χ1) is 6.02. The molecule has 72 valence electrons. The molecule has 1 rings (SSSR count). The number of hydrogen-bond donors (Lipinski definition) is 0. The van der Waals surface area contributed by atoms with Crippen LogP contribution in [0, 0.1) is 0 Å². The van der Waals surface area contributed by atoms with Crippen LogP contribution in [0.15, 0.2) is 18.2 Å². The Hall–Kier alpha value is 0.845. The molecule has 0 N–H and O–H groups in total. The van der Waals surface area contributed by atoms with E-state index >= 15 is 0 Å². The van der Waals surface area contributed by atoms with Gasteiger partial charge in [-0.3, -0.25) is 0 Å². The van der Waals surface area contributed by atoms with Gasteiger partial charge in [0.25, 0.3) is 0 Å². The molecule has 0 saturated carbocycles. The van der Waals surface area contributed by atoms with Gasteiger partial charge in [-0.25, -0.2) is 0 Å². The minimum Gasteiger partial charge on any atom is -1.45 e. The van der Waals surface area contributed by atoms with Gasteiger partial charge in [0.05, 0.1) is 0 Å². The number of benzene rings is 1. The Kier molecular flexibility index (Phi) is 9.73. The van der Waals surface area contributed by atoms with Gasteiger partial charge in [0.1, 0.15) is 0 Å². The van der Waals surface area contributed by atoms with Crippen molar-refractivity contribution in [3.8, 4) is 0 Å². The van der Waals surface area contributed by atoms with E-state index in [1.807, 2.05) is 0 Å². The van der Waals surface area contributed by atoms with Crippen LogP contribution in [0.5, 0.6) is 0 Å². The van der Waals surface area contributed by atoms with Crippen LogP contribution in [0.2, 0.25) is 0 Å². The van der Waals surface area contributed by atoms with E-state index in [0.29, 0.717) is 11.8 Å². The van der Waals surface area contributed by atoms with Crippen molar-refractivity contribution >= 4 is 14.5 Å². The second-order valence-corrected chi connectivity index (χ2v) is 4.61. The van der Waals surface area contributed by atoms with Crippen molar-refractivity contribution in [2.75, 3.05) is 0 Å². The first-order valence-corrected chi connectivity index (χ1v) is 5.30. The second kappa shape index (κ2) is 8.01. The Morgan fingerprint density at radius 2 is 1.47 bits per heavy atom.